The average Bonchev–Trinajstić information content (AvgIpc) is 2.40. The minimum atomic E-state index is -1.84. The fraction of sp³-hybridized carbons (Fsp3) is 1.00. The summed E-state index contributed by atoms with van der Waals surface area (Å²) in [6.07, 6.45) is 8.59. The third kappa shape index (κ3) is 8.79. The zero-order valence-corrected chi connectivity index (χ0v) is 16.2. The van der Waals surface area contributed by atoms with E-state index in [1.165, 1.54) is 43.0 Å². The Hall–Kier alpha value is 0.759. The van der Waals surface area contributed by atoms with E-state index in [1.807, 2.05) is 0 Å². The Bertz CT molecular complexity index is 149. The first-order chi connectivity index (χ1) is 8.74. The van der Waals surface area contributed by atoms with Gasteiger partial charge < -0.3 is 0 Å². The Morgan fingerprint density at radius 3 is 1.44 bits per heavy atom. The van der Waals surface area contributed by atoms with Crippen LogP contribution in [0.5, 0.6) is 0 Å². The van der Waals surface area contributed by atoms with Gasteiger partial charge in [-0.1, -0.05) is 0 Å². The minimum absolute atomic E-state index is 0.900. The van der Waals surface area contributed by atoms with Gasteiger partial charge in [0.1, 0.15) is 0 Å². The maximum atomic E-state index is 5.68. The van der Waals surface area contributed by atoms with E-state index in [2.05, 4.69) is 27.7 Å². The molecule has 0 heterocycles. The van der Waals surface area contributed by atoms with Gasteiger partial charge in [-0.25, -0.2) is 0 Å². The Kier molecular flexibility index (Phi) is 13.3. The van der Waals surface area contributed by atoms with Gasteiger partial charge in [0.15, 0.2) is 0 Å². The van der Waals surface area contributed by atoms with E-state index < -0.39 is 18.4 Å². The summed E-state index contributed by atoms with van der Waals surface area (Å²) in [6.45, 7) is 11.1. The molecule has 0 bridgehead atoms. The first-order valence-electron chi connectivity index (χ1n) is 8.32. The van der Waals surface area contributed by atoms with Gasteiger partial charge in [-0.15, -0.1) is 0 Å². The van der Waals surface area contributed by atoms with Gasteiger partial charge in [-0.05, 0) is 0 Å². The molecule has 0 saturated carbocycles. The molecule has 0 atom stereocenters. The standard InChI is InChI=1S/C4H9O.3C4H9.Sn/c1-3-5-4-2;3*1-3-4-2;/h1,3-4H2,2H3;3*1,3-4H2,2H3;. The molecule has 18 heavy (non-hydrogen) atoms. The quantitative estimate of drug-likeness (QED) is 0.294. The van der Waals surface area contributed by atoms with Gasteiger partial charge >= 0.3 is 120 Å². The second-order valence-electron chi connectivity index (χ2n) is 5.76. The Morgan fingerprint density at radius 1 is 0.667 bits per heavy atom. The van der Waals surface area contributed by atoms with Crippen LogP contribution >= 0.6 is 0 Å². The van der Waals surface area contributed by atoms with Crippen molar-refractivity contribution >= 4 is 18.4 Å². The Balaban J connectivity index is 4.41. The zero-order chi connectivity index (χ0) is 13.7. The van der Waals surface area contributed by atoms with Crippen molar-refractivity contribution in [2.75, 3.05) is 13.2 Å². The molecule has 0 aliphatic carbocycles. The molecule has 0 amide bonds. The molecule has 0 unspecified atom stereocenters. The Labute approximate surface area is 120 Å². The molecule has 0 N–H and O–H groups in total. The van der Waals surface area contributed by atoms with Crippen molar-refractivity contribution in [1.29, 1.82) is 0 Å². The van der Waals surface area contributed by atoms with Crippen LogP contribution in [0.3, 0.4) is 0 Å². The molecular weight excluding hydrogens is 327 g/mol. The molecule has 2 heteroatoms. The molecule has 0 aliphatic heterocycles. The van der Waals surface area contributed by atoms with Crippen LogP contribution in [0.4, 0.5) is 0 Å². The first kappa shape index (κ1) is 18.8. The summed E-state index contributed by atoms with van der Waals surface area (Å²) in [7, 11) is 0. The van der Waals surface area contributed by atoms with Crippen LogP contribution in [0.1, 0.15) is 66.2 Å². The SMILES string of the molecule is CCC[CH2][Sn]([CH2]CCC)([CH2]CCC)[CH2]COCC. The predicted molar refractivity (Wildman–Crippen MR) is 86.2 cm³/mol. The van der Waals surface area contributed by atoms with E-state index in [-0.39, 0.29) is 0 Å². The van der Waals surface area contributed by atoms with Crippen LogP contribution < -0.4 is 0 Å². The average molecular weight is 363 g/mol. The first-order valence-corrected chi connectivity index (χ1v) is 16.4. The van der Waals surface area contributed by atoms with Crippen LogP contribution in [0.15, 0.2) is 0 Å². The molecule has 0 rings (SSSR count). The molecule has 0 fully saturated rings. The van der Waals surface area contributed by atoms with E-state index in [0.717, 1.165) is 13.2 Å². The second-order valence-corrected chi connectivity index (χ2v) is 20.0. The van der Waals surface area contributed by atoms with Gasteiger partial charge in [0, 0.05) is 0 Å². The van der Waals surface area contributed by atoms with E-state index in [0.29, 0.717) is 0 Å². The number of hydrogen-bond donors (Lipinski definition) is 0. The van der Waals surface area contributed by atoms with Crippen molar-refractivity contribution in [3.05, 3.63) is 0 Å². The van der Waals surface area contributed by atoms with Gasteiger partial charge in [0.25, 0.3) is 0 Å². The van der Waals surface area contributed by atoms with E-state index in [9.17, 15) is 0 Å². The summed E-state index contributed by atoms with van der Waals surface area (Å²) < 4.78 is 12.0. The number of rotatable bonds is 13. The van der Waals surface area contributed by atoms with Crippen LogP contribution in [0, 0.1) is 0 Å². The normalized spacial score (nSPS) is 12.0. The van der Waals surface area contributed by atoms with Gasteiger partial charge in [0.2, 0.25) is 0 Å². The molecule has 0 aromatic rings. The molecule has 0 spiro atoms. The molecule has 0 radical (unpaired) electrons. The Morgan fingerprint density at radius 2 is 1.11 bits per heavy atom. The second kappa shape index (κ2) is 12.8. The number of unbranched alkanes of at least 4 members (excludes halogenated alkanes) is 3. The van der Waals surface area contributed by atoms with Crippen LogP contribution in [-0.2, 0) is 4.74 Å². The summed E-state index contributed by atoms with van der Waals surface area (Å²) in [6, 6.07) is 0. The summed E-state index contributed by atoms with van der Waals surface area (Å²) in [5.74, 6) is 0. The summed E-state index contributed by atoms with van der Waals surface area (Å²) in [5.41, 5.74) is 0. The number of ether oxygens (including phenoxy) is 1. The summed E-state index contributed by atoms with van der Waals surface area (Å²) in [4.78, 5) is 0. The molecule has 0 saturated heterocycles. The van der Waals surface area contributed by atoms with Crippen molar-refractivity contribution in [3.63, 3.8) is 0 Å². The van der Waals surface area contributed by atoms with Crippen molar-refractivity contribution in [1.82, 2.24) is 0 Å². The van der Waals surface area contributed by atoms with Crippen LogP contribution in [0.25, 0.3) is 0 Å². The molecule has 0 aliphatic rings. The zero-order valence-electron chi connectivity index (χ0n) is 13.4. The van der Waals surface area contributed by atoms with Crippen molar-refractivity contribution < 1.29 is 4.74 Å². The van der Waals surface area contributed by atoms with E-state index in [1.54, 1.807) is 13.3 Å². The predicted octanol–water partition coefficient (Wildman–Crippen LogP) is 5.87. The van der Waals surface area contributed by atoms with Crippen LogP contribution in [-0.4, -0.2) is 31.6 Å². The third-order valence-corrected chi connectivity index (χ3v) is 19.9. The van der Waals surface area contributed by atoms with Crippen molar-refractivity contribution in [2.24, 2.45) is 0 Å². The molecule has 0 aromatic carbocycles. The third-order valence-electron chi connectivity index (χ3n) is 4.16. The molecule has 110 valence electrons. The summed E-state index contributed by atoms with van der Waals surface area (Å²) in [5, 5.41) is 0. The molecule has 1 nitrogen and oxygen atoms in total. The van der Waals surface area contributed by atoms with Crippen molar-refractivity contribution in [3.8, 4) is 0 Å². The van der Waals surface area contributed by atoms with Crippen LogP contribution in [0.2, 0.25) is 17.7 Å². The van der Waals surface area contributed by atoms with E-state index >= 15 is 0 Å². The molecule has 0 aromatic heterocycles. The maximum absolute atomic E-state index is 5.68. The van der Waals surface area contributed by atoms with Gasteiger partial charge in [-0.3, -0.25) is 0 Å². The monoisotopic (exact) mass is 364 g/mol. The van der Waals surface area contributed by atoms with Gasteiger partial charge in [-0.2, -0.15) is 0 Å². The summed E-state index contributed by atoms with van der Waals surface area (Å²) >= 11 is -1.84. The van der Waals surface area contributed by atoms with E-state index in [4.69, 9.17) is 4.74 Å². The molecular formula is C16H36OSn. The van der Waals surface area contributed by atoms with Crippen molar-refractivity contribution in [2.45, 2.75) is 84.0 Å². The van der Waals surface area contributed by atoms with Gasteiger partial charge in [0.05, 0.1) is 0 Å². The number of hydrogen-bond acceptors (Lipinski definition) is 1. The fourth-order valence-electron chi connectivity index (χ4n) is 2.84. The fourth-order valence-corrected chi connectivity index (χ4v) is 18.2. The topological polar surface area (TPSA) is 9.23 Å².